The average Bonchev–Trinajstić information content (AvgIpc) is 3.01. The second-order valence-electron chi connectivity index (χ2n) is 5.51. The third-order valence-electron chi connectivity index (χ3n) is 3.96. The van der Waals surface area contributed by atoms with Crippen molar-refractivity contribution >= 4 is 23.1 Å². The molecule has 116 valence electrons. The van der Waals surface area contributed by atoms with E-state index < -0.39 is 0 Å². The highest BCUT2D eigenvalue weighted by Crippen LogP contribution is 2.24. The van der Waals surface area contributed by atoms with Gasteiger partial charge >= 0.3 is 6.03 Å². The number of thiophene rings is 1. The first-order valence-electron chi connectivity index (χ1n) is 7.46. The molecule has 3 heterocycles. The number of aromatic nitrogens is 1. The SMILES string of the molecule is CC(CNC(=O)Nc1ccncc1)N1CCc2sccc2C1. The van der Waals surface area contributed by atoms with Crippen molar-refractivity contribution in [3.63, 3.8) is 0 Å². The number of nitrogens with zero attached hydrogens (tertiary/aromatic N) is 2. The fourth-order valence-electron chi connectivity index (χ4n) is 2.63. The van der Waals surface area contributed by atoms with Crippen molar-refractivity contribution in [1.82, 2.24) is 15.2 Å². The van der Waals surface area contributed by atoms with E-state index in [1.54, 1.807) is 24.5 Å². The van der Waals surface area contributed by atoms with Crippen molar-refractivity contribution < 1.29 is 4.79 Å². The number of amides is 2. The summed E-state index contributed by atoms with van der Waals surface area (Å²) in [6.07, 6.45) is 4.43. The van der Waals surface area contributed by atoms with Gasteiger partial charge in [0.05, 0.1) is 0 Å². The van der Waals surface area contributed by atoms with Crippen LogP contribution in [0.1, 0.15) is 17.4 Å². The summed E-state index contributed by atoms with van der Waals surface area (Å²) in [6.45, 7) is 4.83. The van der Waals surface area contributed by atoms with E-state index in [0.29, 0.717) is 12.6 Å². The van der Waals surface area contributed by atoms with Crippen LogP contribution in [0.5, 0.6) is 0 Å². The molecule has 3 rings (SSSR count). The Hall–Kier alpha value is -1.92. The predicted molar refractivity (Wildman–Crippen MR) is 89.2 cm³/mol. The number of urea groups is 1. The van der Waals surface area contributed by atoms with E-state index in [4.69, 9.17) is 0 Å². The van der Waals surface area contributed by atoms with Gasteiger partial charge in [0, 0.05) is 48.6 Å². The van der Waals surface area contributed by atoms with Gasteiger partial charge < -0.3 is 10.6 Å². The van der Waals surface area contributed by atoms with Crippen LogP contribution < -0.4 is 10.6 Å². The van der Waals surface area contributed by atoms with E-state index in [0.717, 1.165) is 25.2 Å². The predicted octanol–water partition coefficient (Wildman–Crippen LogP) is 2.71. The Morgan fingerprint density at radius 3 is 3.05 bits per heavy atom. The Balaban J connectivity index is 1.46. The maximum atomic E-state index is 11.9. The number of carbonyl (C=O) groups is 1. The number of hydrogen-bond donors (Lipinski definition) is 2. The molecule has 22 heavy (non-hydrogen) atoms. The summed E-state index contributed by atoms with van der Waals surface area (Å²) in [5.74, 6) is 0. The van der Waals surface area contributed by atoms with Crippen molar-refractivity contribution in [2.75, 3.05) is 18.4 Å². The minimum absolute atomic E-state index is 0.175. The molecular weight excluding hydrogens is 296 g/mol. The minimum Gasteiger partial charge on any atom is -0.336 e. The van der Waals surface area contributed by atoms with Crippen LogP contribution in [0.15, 0.2) is 36.0 Å². The molecule has 0 saturated carbocycles. The van der Waals surface area contributed by atoms with Crippen LogP contribution in [-0.4, -0.2) is 35.0 Å². The fraction of sp³-hybridized carbons (Fsp3) is 0.375. The van der Waals surface area contributed by atoms with Gasteiger partial charge in [-0.3, -0.25) is 9.88 Å². The molecule has 2 amide bonds. The van der Waals surface area contributed by atoms with Crippen LogP contribution in [0.2, 0.25) is 0 Å². The van der Waals surface area contributed by atoms with Gasteiger partial charge in [0.1, 0.15) is 0 Å². The molecule has 5 nitrogen and oxygen atoms in total. The molecule has 0 bridgehead atoms. The summed E-state index contributed by atoms with van der Waals surface area (Å²) in [4.78, 5) is 19.7. The highest BCUT2D eigenvalue weighted by atomic mass is 32.1. The molecule has 1 atom stereocenters. The first-order chi connectivity index (χ1) is 10.7. The van der Waals surface area contributed by atoms with Gasteiger partial charge in [0.25, 0.3) is 0 Å². The van der Waals surface area contributed by atoms with Gasteiger partial charge in [0.2, 0.25) is 0 Å². The standard InChI is InChI=1S/C16H20N4OS/c1-12(20-8-4-15-13(11-20)5-9-22-15)10-18-16(21)19-14-2-6-17-7-3-14/h2-3,5-7,9,12H,4,8,10-11H2,1H3,(H2,17,18,19,21). The number of anilines is 1. The molecule has 0 radical (unpaired) electrons. The molecule has 1 unspecified atom stereocenters. The van der Waals surface area contributed by atoms with Crippen LogP contribution in [-0.2, 0) is 13.0 Å². The van der Waals surface area contributed by atoms with E-state index >= 15 is 0 Å². The zero-order valence-electron chi connectivity index (χ0n) is 12.6. The smallest absolute Gasteiger partial charge is 0.319 e. The summed E-state index contributed by atoms with van der Waals surface area (Å²) in [5, 5.41) is 7.91. The van der Waals surface area contributed by atoms with Gasteiger partial charge in [-0.25, -0.2) is 4.79 Å². The average molecular weight is 316 g/mol. The number of nitrogens with one attached hydrogen (secondary N) is 2. The van der Waals surface area contributed by atoms with E-state index in [9.17, 15) is 4.79 Å². The highest BCUT2D eigenvalue weighted by molar-refractivity contribution is 7.10. The second-order valence-corrected chi connectivity index (χ2v) is 6.51. The highest BCUT2D eigenvalue weighted by Gasteiger charge is 2.21. The first-order valence-corrected chi connectivity index (χ1v) is 8.34. The lowest BCUT2D eigenvalue weighted by molar-refractivity contribution is 0.188. The normalized spacial score (nSPS) is 15.9. The number of carbonyl (C=O) groups excluding carboxylic acids is 1. The van der Waals surface area contributed by atoms with Crippen molar-refractivity contribution in [3.8, 4) is 0 Å². The molecule has 1 aliphatic rings. The number of rotatable bonds is 4. The maximum Gasteiger partial charge on any atom is 0.319 e. The second kappa shape index (κ2) is 6.89. The van der Waals surface area contributed by atoms with Gasteiger partial charge in [-0.15, -0.1) is 11.3 Å². The minimum atomic E-state index is -0.175. The van der Waals surface area contributed by atoms with Crippen LogP contribution in [0.4, 0.5) is 10.5 Å². The van der Waals surface area contributed by atoms with E-state index in [1.807, 2.05) is 11.3 Å². The Morgan fingerprint density at radius 2 is 2.23 bits per heavy atom. The molecule has 0 spiro atoms. The van der Waals surface area contributed by atoms with Crippen LogP contribution in [0.25, 0.3) is 0 Å². The molecule has 0 fully saturated rings. The van der Waals surface area contributed by atoms with Crippen LogP contribution >= 0.6 is 11.3 Å². The molecule has 2 aromatic rings. The number of hydrogen-bond acceptors (Lipinski definition) is 4. The largest absolute Gasteiger partial charge is 0.336 e. The summed E-state index contributed by atoms with van der Waals surface area (Å²) in [6, 6.07) is 5.89. The van der Waals surface area contributed by atoms with E-state index in [1.165, 1.54) is 10.4 Å². The molecular formula is C16H20N4OS. The molecule has 0 aromatic carbocycles. The van der Waals surface area contributed by atoms with Crippen molar-refractivity contribution in [2.24, 2.45) is 0 Å². The van der Waals surface area contributed by atoms with Crippen molar-refractivity contribution in [2.45, 2.75) is 25.9 Å². The lowest BCUT2D eigenvalue weighted by Crippen LogP contribution is -2.45. The zero-order valence-corrected chi connectivity index (χ0v) is 13.4. The number of fused-ring (bicyclic) bond motifs is 1. The molecule has 6 heteroatoms. The summed E-state index contributed by atoms with van der Waals surface area (Å²) >= 11 is 1.85. The van der Waals surface area contributed by atoms with Gasteiger partial charge in [-0.05, 0) is 42.5 Å². The fourth-order valence-corrected chi connectivity index (χ4v) is 3.52. The Bertz CT molecular complexity index is 628. The maximum absolute atomic E-state index is 11.9. The lowest BCUT2D eigenvalue weighted by Gasteiger charge is -2.32. The van der Waals surface area contributed by atoms with E-state index in [2.05, 4.69) is 38.9 Å². The molecule has 0 aliphatic carbocycles. The molecule has 2 aromatic heterocycles. The zero-order chi connectivity index (χ0) is 15.4. The van der Waals surface area contributed by atoms with Gasteiger partial charge in [-0.1, -0.05) is 0 Å². The monoisotopic (exact) mass is 316 g/mol. The molecule has 0 saturated heterocycles. The van der Waals surface area contributed by atoms with Crippen molar-refractivity contribution in [3.05, 3.63) is 46.4 Å². The summed E-state index contributed by atoms with van der Waals surface area (Å²) < 4.78 is 0. The van der Waals surface area contributed by atoms with Crippen LogP contribution in [0, 0.1) is 0 Å². The lowest BCUT2D eigenvalue weighted by atomic mass is 10.1. The molecule has 2 N–H and O–H groups in total. The third-order valence-corrected chi connectivity index (χ3v) is 4.98. The van der Waals surface area contributed by atoms with E-state index in [-0.39, 0.29) is 6.03 Å². The van der Waals surface area contributed by atoms with Gasteiger partial charge in [-0.2, -0.15) is 0 Å². The first kappa shape index (κ1) is 15.0. The van der Waals surface area contributed by atoms with Gasteiger partial charge in [0.15, 0.2) is 0 Å². The third kappa shape index (κ3) is 3.64. The molecule has 1 aliphatic heterocycles. The topological polar surface area (TPSA) is 57.3 Å². The van der Waals surface area contributed by atoms with Crippen LogP contribution in [0.3, 0.4) is 0 Å². The number of pyridine rings is 1. The summed E-state index contributed by atoms with van der Waals surface area (Å²) in [5.41, 5.74) is 2.19. The summed E-state index contributed by atoms with van der Waals surface area (Å²) in [7, 11) is 0. The van der Waals surface area contributed by atoms with Crippen molar-refractivity contribution in [1.29, 1.82) is 0 Å². The Kier molecular flexibility index (Phi) is 4.70. The quantitative estimate of drug-likeness (QED) is 0.912. The Labute approximate surface area is 134 Å². The Morgan fingerprint density at radius 1 is 1.41 bits per heavy atom.